The number of hydrogen-bond donors (Lipinski definition) is 1. The van der Waals surface area contributed by atoms with Crippen molar-refractivity contribution in [2.45, 2.75) is 6.54 Å². The summed E-state index contributed by atoms with van der Waals surface area (Å²) < 4.78 is 2.13. The van der Waals surface area contributed by atoms with Crippen LogP contribution in [0.5, 0.6) is 0 Å². The average Bonchev–Trinajstić information content (AvgIpc) is 3.04. The predicted molar refractivity (Wildman–Crippen MR) is 108 cm³/mol. The van der Waals surface area contributed by atoms with Crippen LogP contribution < -0.4 is 10.6 Å². The molecule has 1 saturated heterocycles. The maximum Gasteiger partial charge on any atom is 0.138 e. The molecule has 0 spiro atoms. The standard InChI is InChI=1S/C19H21Cl2N5/c1-24-4-6-25(7-5-24)19-11-23-18-8-13(10-22)16(12-26(18)19)15-3-2-14(20)9-17(15)21/h2-3,8-9,11-12H,4-7,10,22H2,1H3. The molecule has 5 nitrogen and oxygen atoms in total. The number of anilines is 1. The fourth-order valence-electron chi connectivity index (χ4n) is 3.44. The van der Waals surface area contributed by atoms with Gasteiger partial charge in [-0.3, -0.25) is 4.40 Å². The maximum atomic E-state index is 6.46. The van der Waals surface area contributed by atoms with Gasteiger partial charge in [0, 0.05) is 60.1 Å². The number of halogens is 2. The Morgan fingerprint density at radius 2 is 1.85 bits per heavy atom. The largest absolute Gasteiger partial charge is 0.354 e. The van der Waals surface area contributed by atoms with Crippen molar-refractivity contribution in [3.8, 4) is 11.1 Å². The minimum Gasteiger partial charge on any atom is -0.354 e. The zero-order valence-electron chi connectivity index (χ0n) is 14.6. The molecule has 136 valence electrons. The van der Waals surface area contributed by atoms with Crippen LogP contribution in [0.25, 0.3) is 16.8 Å². The minimum atomic E-state index is 0.418. The van der Waals surface area contributed by atoms with Gasteiger partial charge in [-0.15, -0.1) is 0 Å². The van der Waals surface area contributed by atoms with Gasteiger partial charge in [0.2, 0.25) is 0 Å². The Labute approximate surface area is 162 Å². The van der Waals surface area contributed by atoms with E-state index in [1.807, 2.05) is 24.4 Å². The van der Waals surface area contributed by atoms with Gasteiger partial charge in [-0.05, 0) is 30.8 Å². The van der Waals surface area contributed by atoms with Crippen molar-refractivity contribution in [3.05, 3.63) is 52.3 Å². The van der Waals surface area contributed by atoms with Crippen LogP contribution in [-0.4, -0.2) is 47.5 Å². The Hall–Kier alpha value is -1.79. The van der Waals surface area contributed by atoms with Gasteiger partial charge in [-0.2, -0.15) is 0 Å². The lowest BCUT2D eigenvalue weighted by atomic mass is 10.0. The number of nitrogens with two attached hydrogens (primary N) is 1. The van der Waals surface area contributed by atoms with E-state index in [1.165, 1.54) is 0 Å². The molecule has 1 aliphatic rings. The number of aromatic nitrogens is 2. The summed E-state index contributed by atoms with van der Waals surface area (Å²) in [6, 6.07) is 7.60. The molecule has 1 fully saturated rings. The molecule has 4 rings (SSSR count). The van der Waals surface area contributed by atoms with Gasteiger partial charge >= 0.3 is 0 Å². The molecule has 0 saturated carbocycles. The van der Waals surface area contributed by atoms with Crippen molar-refractivity contribution in [3.63, 3.8) is 0 Å². The van der Waals surface area contributed by atoms with Gasteiger partial charge < -0.3 is 15.5 Å². The zero-order valence-corrected chi connectivity index (χ0v) is 16.1. The first kappa shape index (κ1) is 17.6. The van der Waals surface area contributed by atoms with E-state index in [1.54, 1.807) is 6.07 Å². The van der Waals surface area contributed by atoms with E-state index < -0.39 is 0 Å². The van der Waals surface area contributed by atoms with Crippen LogP contribution in [0.4, 0.5) is 5.82 Å². The molecule has 7 heteroatoms. The highest BCUT2D eigenvalue weighted by atomic mass is 35.5. The lowest BCUT2D eigenvalue weighted by molar-refractivity contribution is 0.312. The number of likely N-dealkylation sites (N-methyl/N-ethyl adjacent to an activating group) is 1. The highest BCUT2D eigenvalue weighted by Gasteiger charge is 2.19. The second kappa shape index (κ2) is 7.08. The van der Waals surface area contributed by atoms with Gasteiger partial charge in [0.1, 0.15) is 11.5 Å². The van der Waals surface area contributed by atoms with E-state index in [-0.39, 0.29) is 0 Å². The van der Waals surface area contributed by atoms with Gasteiger partial charge in [-0.1, -0.05) is 29.3 Å². The molecule has 0 radical (unpaired) electrons. The molecule has 1 aromatic carbocycles. The van der Waals surface area contributed by atoms with E-state index in [0.717, 1.165) is 54.3 Å². The molecule has 0 atom stereocenters. The fraction of sp³-hybridized carbons (Fsp3) is 0.316. The molecule has 0 bridgehead atoms. The highest BCUT2D eigenvalue weighted by Crippen LogP contribution is 2.34. The Morgan fingerprint density at radius 3 is 2.54 bits per heavy atom. The summed E-state index contributed by atoms with van der Waals surface area (Å²) in [5.74, 6) is 1.10. The summed E-state index contributed by atoms with van der Waals surface area (Å²) in [4.78, 5) is 9.30. The van der Waals surface area contributed by atoms with E-state index in [4.69, 9.17) is 28.9 Å². The third kappa shape index (κ3) is 3.16. The Bertz CT molecular complexity index is 944. The smallest absolute Gasteiger partial charge is 0.138 e. The number of fused-ring (bicyclic) bond motifs is 1. The van der Waals surface area contributed by atoms with Gasteiger partial charge in [0.05, 0.1) is 6.20 Å². The van der Waals surface area contributed by atoms with Gasteiger partial charge in [0.15, 0.2) is 0 Å². The Kier molecular flexibility index (Phi) is 4.80. The number of hydrogen-bond acceptors (Lipinski definition) is 4. The lowest BCUT2D eigenvalue weighted by Gasteiger charge is -2.33. The number of rotatable bonds is 3. The number of imidazole rings is 1. The van der Waals surface area contributed by atoms with Crippen LogP contribution in [0.3, 0.4) is 0 Å². The van der Waals surface area contributed by atoms with E-state index in [2.05, 4.69) is 32.4 Å². The molecule has 0 aliphatic carbocycles. The molecule has 2 aromatic heterocycles. The Morgan fingerprint density at radius 1 is 1.08 bits per heavy atom. The molecule has 1 aliphatic heterocycles. The summed E-state index contributed by atoms with van der Waals surface area (Å²) in [5.41, 5.74) is 9.85. The van der Waals surface area contributed by atoms with Crippen molar-refractivity contribution in [1.29, 1.82) is 0 Å². The minimum absolute atomic E-state index is 0.418. The van der Waals surface area contributed by atoms with Crippen LogP contribution >= 0.6 is 23.2 Å². The first-order valence-corrected chi connectivity index (χ1v) is 9.41. The third-order valence-electron chi connectivity index (χ3n) is 4.98. The average molecular weight is 390 g/mol. The summed E-state index contributed by atoms with van der Waals surface area (Å²) in [6.07, 6.45) is 4.03. The monoisotopic (exact) mass is 389 g/mol. The van der Waals surface area contributed by atoms with Crippen LogP contribution in [0, 0.1) is 0 Å². The van der Waals surface area contributed by atoms with Crippen LogP contribution in [0.15, 0.2) is 36.7 Å². The van der Waals surface area contributed by atoms with E-state index in [9.17, 15) is 0 Å². The molecule has 2 N–H and O–H groups in total. The number of benzene rings is 1. The number of pyridine rings is 1. The summed E-state index contributed by atoms with van der Waals surface area (Å²) in [7, 11) is 2.15. The number of piperazine rings is 1. The molecular weight excluding hydrogens is 369 g/mol. The first-order chi connectivity index (χ1) is 12.6. The van der Waals surface area contributed by atoms with E-state index >= 15 is 0 Å². The summed E-state index contributed by atoms with van der Waals surface area (Å²) in [6.45, 7) is 4.48. The zero-order chi connectivity index (χ0) is 18.3. The van der Waals surface area contributed by atoms with Gasteiger partial charge in [-0.25, -0.2) is 4.98 Å². The maximum absolute atomic E-state index is 6.46. The molecule has 0 unspecified atom stereocenters. The van der Waals surface area contributed by atoms with Crippen molar-refractivity contribution in [2.24, 2.45) is 5.73 Å². The van der Waals surface area contributed by atoms with Gasteiger partial charge in [0.25, 0.3) is 0 Å². The summed E-state index contributed by atoms with van der Waals surface area (Å²) >= 11 is 12.5. The van der Waals surface area contributed by atoms with Crippen LogP contribution in [-0.2, 0) is 6.54 Å². The topological polar surface area (TPSA) is 49.8 Å². The fourth-order valence-corrected chi connectivity index (χ4v) is 3.95. The number of nitrogens with zero attached hydrogens (tertiary/aromatic N) is 4. The van der Waals surface area contributed by atoms with Crippen molar-refractivity contribution < 1.29 is 0 Å². The second-order valence-electron chi connectivity index (χ2n) is 6.68. The molecule has 0 amide bonds. The second-order valence-corrected chi connectivity index (χ2v) is 7.52. The highest BCUT2D eigenvalue weighted by molar-refractivity contribution is 6.36. The van der Waals surface area contributed by atoms with Crippen molar-refractivity contribution in [2.75, 3.05) is 38.1 Å². The van der Waals surface area contributed by atoms with Crippen molar-refractivity contribution >= 4 is 34.7 Å². The third-order valence-corrected chi connectivity index (χ3v) is 5.53. The van der Waals surface area contributed by atoms with Crippen molar-refractivity contribution in [1.82, 2.24) is 14.3 Å². The normalized spacial score (nSPS) is 15.8. The lowest BCUT2D eigenvalue weighted by Crippen LogP contribution is -2.44. The van der Waals surface area contributed by atoms with E-state index in [0.29, 0.717) is 16.6 Å². The molecular formula is C19H21Cl2N5. The predicted octanol–water partition coefficient (Wildman–Crippen LogP) is 3.52. The SMILES string of the molecule is CN1CCN(c2cnc3cc(CN)c(-c4ccc(Cl)cc4Cl)cn23)CC1. The Balaban J connectivity index is 1.83. The molecule has 3 aromatic rings. The quantitative estimate of drug-likeness (QED) is 0.744. The molecule has 3 heterocycles. The molecule has 26 heavy (non-hydrogen) atoms. The van der Waals surface area contributed by atoms with Crippen LogP contribution in [0.2, 0.25) is 10.0 Å². The van der Waals surface area contributed by atoms with Crippen LogP contribution in [0.1, 0.15) is 5.56 Å². The summed E-state index contributed by atoms with van der Waals surface area (Å²) in [5, 5.41) is 1.24. The first-order valence-electron chi connectivity index (χ1n) is 8.66.